The smallest absolute Gasteiger partial charge is 0.259 e. The Bertz CT molecular complexity index is 1010. The van der Waals surface area contributed by atoms with Crippen molar-refractivity contribution in [2.45, 2.75) is 6.42 Å². The maximum Gasteiger partial charge on any atom is 0.259 e. The fourth-order valence-corrected chi connectivity index (χ4v) is 3.15. The zero-order valence-corrected chi connectivity index (χ0v) is 16.9. The summed E-state index contributed by atoms with van der Waals surface area (Å²) in [5.41, 5.74) is 1.40. The maximum absolute atomic E-state index is 12.5. The first kappa shape index (κ1) is 20.3. The molecule has 0 radical (unpaired) electrons. The number of halogens is 3. The van der Waals surface area contributed by atoms with Crippen molar-refractivity contribution >= 4 is 46.4 Å². The molecule has 0 spiro atoms. The number of nitrogens with one attached hydrogen (secondary N) is 1. The molecule has 0 unspecified atom stereocenters. The molecule has 3 aromatic carbocycles. The lowest BCUT2D eigenvalue weighted by molar-refractivity contribution is 0.102. The Morgan fingerprint density at radius 1 is 0.964 bits per heavy atom. The highest BCUT2D eigenvalue weighted by Gasteiger charge is 2.15. The highest BCUT2D eigenvalue weighted by Crippen LogP contribution is 2.30. The second kappa shape index (κ2) is 9.20. The molecular weight excluding hydrogens is 421 g/mol. The molecule has 0 aromatic heterocycles. The van der Waals surface area contributed by atoms with Crippen LogP contribution >= 0.6 is 34.8 Å². The third kappa shape index (κ3) is 5.10. The van der Waals surface area contributed by atoms with Crippen molar-refractivity contribution in [1.29, 1.82) is 0 Å². The molecule has 0 heterocycles. The van der Waals surface area contributed by atoms with E-state index in [1.165, 1.54) is 18.2 Å². The number of anilines is 1. The number of rotatable bonds is 6. The number of carbonyl (C=O) groups excluding carboxylic acids is 1. The molecule has 0 saturated heterocycles. The Kier molecular flexibility index (Phi) is 6.68. The van der Waals surface area contributed by atoms with Crippen molar-refractivity contribution in [3.63, 3.8) is 0 Å². The van der Waals surface area contributed by atoms with E-state index in [9.17, 15) is 9.90 Å². The predicted octanol–water partition coefficient (Wildman–Crippen LogP) is 6.23. The van der Waals surface area contributed by atoms with E-state index in [1.54, 1.807) is 18.2 Å². The number of hydrogen-bond donors (Lipinski definition) is 2. The van der Waals surface area contributed by atoms with E-state index < -0.39 is 5.91 Å². The van der Waals surface area contributed by atoms with E-state index >= 15 is 0 Å². The van der Waals surface area contributed by atoms with Crippen LogP contribution in [-0.4, -0.2) is 17.6 Å². The van der Waals surface area contributed by atoms with Crippen molar-refractivity contribution < 1.29 is 14.6 Å². The summed E-state index contributed by atoms with van der Waals surface area (Å²) in [6.07, 6.45) is 0.602. The van der Waals surface area contributed by atoms with E-state index in [-0.39, 0.29) is 11.3 Å². The minimum atomic E-state index is -0.529. The Hall–Kier alpha value is -2.40. The van der Waals surface area contributed by atoms with Crippen LogP contribution in [0.15, 0.2) is 60.7 Å². The van der Waals surface area contributed by atoms with Gasteiger partial charge in [0.25, 0.3) is 5.91 Å². The third-order valence-electron chi connectivity index (χ3n) is 3.98. The Morgan fingerprint density at radius 2 is 1.68 bits per heavy atom. The Labute approximate surface area is 177 Å². The molecule has 0 bridgehead atoms. The number of aromatic hydroxyl groups is 1. The highest BCUT2D eigenvalue weighted by atomic mass is 35.5. The molecule has 28 heavy (non-hydrogen) atoms. The molecule has 144 valence electrons. The molecule has 4 nitrogen and oxygen atoms in total. The van der Waals surface area contributed by atoms with Gasteiger partial charge in [0.2, 0.25) is 0 Å². The van der Waals surface area contributed by atoms with Crippen LogP contribution in [0.5, 0.6) is 11.5 Å². The van der Waals surface area contributed by atoms with Gasteiger partial charge in [0, 0.05) is 21.5 Å². The van der Waals surface area contributed by atoms with Gasteiger partial charge in [0.1, 0.15) is 11.5 Å². The quantitative estimate of drug-likeness (QED) is 0.482. The summed E-state index contributed by atoms with van der Waals surface area (Å²) in [4.78, 5) is 12.5. The first-order chi connectivity index (χ1) is 13.4. The number of ether oxygens (including phenoxy) is 1. The number of hydrogen-bond acceptors (Lipinski definition) is 3. The molecule has 1 amide bonds. The van der Waals surface area contributed by atoms with E-state index in [4.69, 9.17) is 39.5 Å². The third-order valence-corrected chi connectivity index (χ3v) is 4.82. The maximum atomic E-state index is 12.5. The van der Waals surface area contributed by atoms with Crippen LogP contribution in [0.25, 0.3) is 0 Å². The second-order valence-corrected chi connectivity index (χ2v) is 7.23. The predicted molar refractivity (Wildman–Crippen MR) is 113 cm³/mol. The average molecular weight is 437 g/mol. The summed E-state index contributed by atoms with van der Waals surface area (Å²) in [5.74, 6) is -0.255. The molecule has 3 aromatic rings. The van der Waals surface area contributed by atoms with E-state index in [0.29, 0.717) is 39.5 Å². The van der Waals surface area contributed by atoms with Gasteiger partial charge in [-0.05, 0) is 48.0 Å². The SMILES string of the molecule is O=C(Nc1cc(Cl)ccc1OCCc1ccccc1Cl)c1cc(Cl)ccc1O. The van der Waals surface area contributed by atoms with Gasteiger partial charge in [-0.1, -0.05) is 53.0 Å². The summed E-state index contributed by atoms with van der Waals surface area (Å²) in [6, 6.07) is 16.7. The molecule has 0 aliphatic heterocycles. The van der Waals surface area contributed by atoms with Crippen molar-refractivity contribution in [1.82, 2.24) is 0 Å². The first-order valence-corrected chi connectivity index (χ1v) is 9.53. The lowest BCUT2D eigenvalue weighted by atomic mass is 10.1. The van der Waals surface area contributed by atoms with Crippen LogP contribution in [-0.2, 0) is 6.42 Å². The van der Waals surface area contributed by atoms with Gasteiger partial charge in [-0.15, -0.1) is 0 Å². The summed E-state index contributed by atoms with van der Waals surface area (Å²) < 4.78 is 5.82. The molecule has 0 aliphatic rings. The molecule has 0 fully saturated rings. The molecular formula is C21H16Cl3NO3. The zero-order valence-electron chi connectivity index (χ0n) is 14.6. The summed E-state index contributed by atoms with van der Waals surface area (Å²) in [7, 11) is 0. The molecule has 0 atom stereocenters. The normalized spacial score (nSPS) is 10.5. The fraction of sp³-hybridized carbons (Fsp3) is 0.0952. The van der Waals surface area contributed by atoms with Crippen molar-refractivity contribution in [3.8, 4) is 11.5 Å². The average Bonchev–Trinajstić information content (AvgIpc) is 2.67. The highest BCUT2D eigenvalue weighted by molar-refractivity contribution is 6.32. The van der Waals surface area contributed by atoms with Crippen LogP contribution in [0.2, 0.25) is 15.1 Å². The van der Waals surface area contributed by atoms with Crippen molar-refractivity contribution in [2.75, 3.05) is 11.9 Å². The first-order valence-electron chi connectivity index (χ1n) is 8.39. The second-order valence-electron chi connectivity index (χ2n) is 5.95. The van der Waals surface area contributed by atoms with Crippen LogP contribution in [0.3, 0.4) is 0 Å². The molecule has 0 saturated carbocycles. The lowest BCUT2D eigenvalue weighted by Crippen LogP contribution is -2.13. The summed E-state index contributed by atoms with van der Waals surface area (Å²) in [6.45, 7) is 0.358. The zero-order chi connectivity index (χ0) is 20.1. The van der Waals surface area contributed by atoms with Gasteiger partial charge in [-0.2, -0.15) is 0 Å². The number of benzene rings is 3. The van der Waals surface area contributed by atoms with Gasteiger partial charge in [-0.25, -0.2) is 0 Å². The van der Waals surface area contributed by atoms with E-state index in [2.05, 4.69) is 5.32 Å². The monoisotopic (exact) mass is 435 g/mol. The summed E-state index contributed by atoms with van der Waals surface area (Å²) >= 11 is 18.1. The van der Waals surface area contributed by atoms with Crippen LogP contribution in [0, 0.1) is 0 Å². The Morgan fingerprint density at radius 3 is 2.46 bits per heavy atom. The van der Waals surface area contributed by atoms with Gasteiger partial charge in [0.05, 0.1) is 17.9 Å². The van der Waals surface area contributed by atoms with Gasteiger partial charge in [-0.3, -0.25) is 4.79 Å². The van der Waals surface area contributed by atoms with Crippen LogP contribution in [0.1, 0.15) is 15.9 Å². The van der Waals surface area contributed by atoms with Crippen LogP contribution in [0.4, 0.5) is 5.69 Å². The van der Waals surface area contributed by atoms with Crippen molar-refractivity contribution in [3.05, 3.63) is 86.9 Å². The lowest BCUT2D eigenvalue weighted by Gasteiger charge is -2.14. The molecule has 7 heteroatoms. The van der Waals surface area contributed by atoms with Gasteiger partial charge >= 0.3 is 0 Å². The molecule has 0 aliphatic carbocycles. The number of phenolic OH excluding ortho intramolecular Hbond substituents is 1. The molecule has 3 rings (SSSR count). The minimum absolute atomic E-state index is 0.0505. The minimum Gasteiger partial charge on any atom is -0.507 e. The largest absolute Gasteiger partial charge is 0.507 e. The number of carbonyl (C=O) groups is 1. The fourth-order valence-electron chi connectivity index (χ4n) is 2.58. The Balaban J connectivity index is 1.74. The molecule has 2 N–H and O–H groups in total. The van der Waals surface area contributed by atoms with E-state index in [1.807, 2.05) is 24.3 Å². The van der Waals surface area contributed by atoms with Crippen LogP contribution < -0.4 is 10.1 Å². The van der Waals surface area contributed by atoms with Gasteiger partial charge in [0.15, 0.2) is 0 Å². The van der Waals surface area contributed by atoms with Crippen molar-refractivity contribution in [2.24, 2.45) is 0 Å². The topological polar surface area (TPSA) is 58.6 Å². The number of phenols is 1. The summed E-state index contributed by atoms with van der Waals surface area (Å²) in [5, 5.41) is 14.1. The van der Waals surface area contributed by atoms with Gasteiger partial charge < -0.3 is 15.2 Å². The standard InChI is InChI=1S/C21H16Cl3NO3/c22-14-5-7-19(26)16(11-14)21(27)25-18-12-15(23)6-8-20(18)28-10-9-13-3-1-2-4-17(13)24/h1-8,11-12,26H,9-10H2,(H,25,27). The van der Waals surface area contributed by atoms with E-state index in [0.717, 1.165) is 5.56 Å². The number of amides is 1.